The van der Waals surface area contributed by atoms with E-state index >= 15 is 0 Å². The third-order valence-electron chi connectivity index (χ3n) is 4.80. The van der Waals surface area contributed by atoms with Crippen LogP contribution in [0.25, 0.3) is 10.9 Å². The highest BCUT2D eigenvalue weighted by atomic mass is 16.5. The minimum Gasteiger partial charge on any atom is -0.456 e. The zero-order valence-corrected chi connectivity index (χ0v) is 16.1. The summed E-state index contributed by atoms with van der Waals surface area (Å²) in [5, 5.41) is 7.90. The van der Waals surface area contributed by atoms with Gasteiger partial charge in [-0.2, -0.15) is 5.10 Å². The second kappa shape index (κ2) is 8.40. The highest BCUT2D eigenvalue weighted by Crippen LogP contribution is 2.31. The van der Waals surface area contributed by atoms with E-state index in [4.69, 9.17) is 9.47 Å². The van der Waals surface area contributed by atoms with Crippen molar-refractivity contribution in [2.24, 2.45) is 0 Å². The molecule has 1 amide bonds. The summed E-state index contributed by atoms with van der Waals surface area (Å²) in [7, 11) is 0. The number of rotatable bonds is 6. The zero-order chi connectivity index (χ0) is 20.2. The smallest absolute Gasteiger partial charge is 0.224 e. The lowest BCUT2D eigenvalue weighted by molar-refractivity contribution is -0.115. The highest BCUT2D eigenvalue weighted by Gasteiger charge is 2.21. The lowest BCUT2D eigenvalue weighted by Crippen LogP contribution is -2.19. The van der Waals surface area contributed by atoms with Crippen LogP contribution in [0, 0.1) is 0 Å². The van der Waals surface area contributed by atoms with Gasteiger partial charge in [0, 0.05) is 24.5 Å². The summed E-state index contributed by atoms with van der Waals surface area (Å²) in [5.41, 5.74) is 1.74. The SMILES string of the molecule is CCC(=O)Nc1cncc(Oc2ccc3c(c2)c(C=O)nn3C2CCCCO2)c1. The molecule has 0 saturated carbocycles. The van der Waals surface area contributed by atoms with Crippen molar-refractivity contribution in [1.29, 1.82) is 0 Å². The third kappa shape index (κ3) is 4.12. The molecule has 1 aliphatic heterocycles. The fraction of sp³-hybridized carbons (Fsp3) is 0.333. The number of hydrogen-bond acceptors (Lipinski definition) is 6. The Morgan fingerprint density at radius 1 is 1.31 bits per heavy atom. The van der Waals surface area contributed by atoms with Gasteiger partial charge in [-0.25, -0.2) is 4.68 Å². The number of pyridine rings is 1. The summed E-state index contributed by atoms with van der Waals surface area (Å²) in [6.07, 6.45) is 7.07. The van der Waals surface area contributed by atoms with E-state index in [9.17, 15) is 9.59 Å². The normalized spacial score (nSPS) is 16.5. The van der Waals surface area contributed by atoms with Crippen LogP contribution in [-0.2, 0) is 9.53 Å². The van der Waals surface area contributed by atoms with Crippen molar-refractivity contribution in [3.05, 3.63) is 42.4 Å². The summed E-state index contributed by atoms with van der Waals surface area (Å²) in [5.74, 6) is 0.928. The number of nitrogens with zero attached hydrogens (tertiary/aromatic N) is 3. The van der Waals surface area contributed by atoms with E-state index in [0.29, 0.717) is 41.3 Å². The van der Waals surface area contributed by atoms with E-state index in [1.54, 1.807) is 36.1 Å². The van der Waals surface area contributed by atoms with Gasteiger partial charge in [0.05, 0.1) is 23.6 Å². The molecule has 3 heterocycles. The summed E-state index contributed by atoms with van der Waals surface area (Å²) >= 11 is 0. The number of aromatic nitrogens is 3. The van der Waals surface area contributed by atoms with E-state index in [1.807, 2.05) is 12.1 Å². The van der Waals surface area contributed by atoms with E-state index in [-0.39, 0.29) is 12.1 Å². The Labute approximate surface area is 167 Å². The van der Waals surface area contributed by atoms with Crippen LogP contribution in [0.5, 0.6) is 11.5 Å². The Morgan fingerprint density at radius 2 is 2.21 bits per heavy atom. The van der Waals surface area contributed by atoms with Gasteiger partial charge in [0.15, 0.2) is 12.5 Å². The van der Waals surface area contributed by atoms with Gasteiger partial charge in [-0.3, -0.25) is 14.6 Å². The predicted octanol–water partition coefficient (Wildman–Crippen LogP) is 4.08. The molecule has 1 aromatic carbocycles. The van der Waals surface area contributed by atoms with Gasteiger partial charge in [-0.05, 0) is 37.5 Å². The van der Waals surface area contributed by atoms with Gasteiger partial charge in [-0.1, -0.05) is 6.92 Å². The van der Waals surface area contributed by atoms with Crippen LogP contribution < -0.4 is 10.1 Å². The molecule has 1 unspecified atom stereocenters. The van der Waals surface area contributed by atoms with Crippen LogP contribution in [0.15, 0.2) is 36.7 Å². The van der Waals surface area contributed by atoms with Crippen molar-refractivity contribution in [3.8, 4) is 11.5 Å². The largest absolute Gasteiger partial charge is 0.456 e. The number of carbonyl (C=O) groups is 2. The standard InChI is InChI=1S/C21H22N4O4/c1-2-20(27)23-14-9-16(12-22-11-14)29-15-6-7-19-17(10-15)18(13-26)24-25(19)21-5-3-4-8-28-21/h6-7,9-13,21H,2-5,8H2,1H3,(H,23,27). The zero-order valence-electron chi connectivity index (χ0n) is 16.1. The Kier molecular flexibility index (Phi) is 5.53. The van der Waals surface area contributed by atoms with E-state index in [2.05, 4.69) is 15.4 Å². The molecular weight excluding hydrogens is 372 g/mol. The average molecular weight is 394 g/mol. The van der Waals surface area contributed by atoms with E-state index in [0.717, 1.165) is 31.1 Å². The second-order valence-corrected chi connectivity index (χ2v) is 6.86. The minimum absolute atomic E-state index is 0.0988. The Morgan fingerprint density at radius 3 is 2.97 bits per heavy atom. The first-order valence-corrected chi connectivity index (χ1v) is 9.69. The molecule has 2 aromatic heterocycles. The first-order valence-electron chi connectivity index (χ1n) is 9.69. The maximum Gasteiger partial charge on any atom is 0.224 e. The molecule has 8 nitrogen and oxygen atoms in total. The molecule has 0 bridgehead atoms. The molecular formula is C21H22N4O4. The van der Waals surface area contributed by atoms with Gasteiger partial charge in [-0.15, -0.1) is 0 Å². The van der Waals surface area contributed by atoms with Crippen LogP contribution >= 0.6 is 0 Å². The summed E-state index contributed by atoms with van der Waals surface area (Å²) in [6, 6.07) is 7.17. The van der Waals surface area contributed by atoms with Crippen LogP contribution in [0.4, 0.5) is 5.69 Å². The monoisotopic (exact) mass is 394 g/mol. The molecule has 3 aromatic rings. The van der Waals surface area contributed by atoms with Gasteiger partial charge in [0.1, 0.15) is 17.2 Å². The van der Waals surface area contributed by atoms with Crippen LogP contribution in [0.1, 0.15) is 49.3 Å². The molecule has 0 spiro atoms. The van der Waals surface area contributed by atoms with Crippen molar-refractivity contribution in [2.75, 3.05) is 11.9 Å². The lowest BCUT2D eigenvalue weighted by Gasteiger charge is -2.23. The van der Waals surface area contributed by atoms with Crippen molar-refractivity contribution in [2.45, 2.75) is 38.8 Å². The number of benzene rings is 1. The first-order chi connectivity index (χ1) is 14.2. The molecule has 0 radical (unpaired) electrons. The lowest BCUT2D eigenvalue weighted by atomic mass is 10.1. The number of aldehydes is 1. The average Bonchev–Trinajstić information content (AvgIpc) is 3.12. The number of ether oxygens (including phenoxy) is 2. The quantitative estimate of drug-likeness (QED) is 0.633. The molecule has 1 aliphatic rings. The first kappa shape index (κ1) is 19.1. The topological polar surface area (TPSA) is 95.3 Å². The van der Waals surface area contributed by atoms with Crippen LogP contribution in [0.2, 0.25) is 0 Å². The molecule has 4 rings (SSSR count). The number of hydrogen-bond donors (Lipinski definition) is 1. The van der Waals surface area contributed by atoms with Crippen molar-refractivity contribution < 1.29 is 19.1 Å². The Hall–Kier alpha value is -3.26. The minimum atomic E-state index is -0.158. The van der Waals surface area contributed by atoms with Crippen molar-refractivity contribution in [3.63, 3.8) is 0 Å². The van der Waals surface area contributed by atoms with Crippen molar-refractivity contribution in [1.82, 2.24) is 14.8 Å². The molecule has 1 fully saturated rings. The third-order valence-corrected chi connectivity index (χ3v) is 4.80. The molecule has 0 aliphatic carbocycles. The molecule has 1 saturated heterocycles. The van der Waals surface area contributed by atoms with E-state index in [1.165, 1.54) is 0 Å². The maximum atomic E-state index is 11.6. The Bertz CT molecular complexity index is 1040. The molecule has 1 N–H and O–H groups in total. The molecule has 150 valence electrons. The Balaban J connectivity index is 1.61. The van der Waals surface area contributed by atoms with Gasteiger partial charge in [0.2, 0.25) is 5.91 Å². The second-order valence-electron chi connectivity index (χ2n) is 6.86. The molecule has 1 atom stereocenters. The highest BCUT2D eigenvalue weighted by molar-refractivity contribution is 5.96. The van der Waals surface area contributed by atoms with Gasteiger partial charge >= 0.3 is 0 Å². The van der Waals surface area contributed by atoms with Gasteiger partial charge < -0.3 is 14.8 Å². The number of amides is 1. The van der Waals surface area contributed by atoms with Crippen LogP contribution in [-0.4, -0.2) is 33.6 Å². The van der Waals surface area contributed by atoms with Crippen LogP contribution in [0.3, 0.4) is 0 Å². The van der Waals surface area contributed by atoms with E-state index < -0.39 is 0 Å². The predicted molar refractivity (Wildman–Crippen MR) is 107 cm³/mol. The molecule has 8 heteroatoms. The fourth-order valence-corrected chi connectivity index (χ4v) is 3.36. The van der Waals surface area contributed by atoms with Crippen molar-refractivity contribution >= 4 is 28.8 Å². The van der Waals surface area contributed by atoms with Gasteiger partial charge in [0.25, 0.3) is 0 Å². The number of anilines is 1. The summed E-state index contributed by atoms with van der Waals surface area (Å²) < 4.78 is 13.5. The number of carbonyl (C=O) groups excluding carboxylic acids is 2. The summed E-state index contributed by atoms with van der Waals surface area (Å²) in [6.45, 7) is 2.48. The fourth-order valence-electron chi connectivity index (χ4n) is 3.36. The molecule has 29 heavy (non-hydrogen) atoms. The number of nitrogens with one attached hydrogen (secondary N) is 1. The summed E-state index contributed by atoms with van der Waals surface area (Å²) in [4.78, 5) is 27.2. The maximum absolute atomic E-state index is 11.6. The number of fused-ring (bicyclic) bond motifs is 1.